The SMILES string of the molecule is CN(CC1NNC2CCCCCC21)C(=O)Cc1ccccn1. The molecule has 2 fully saturated rings. The van der Waals surface area contributed by atoms with E-state index in [0.29, 0.717) is 24.4 Å². The lowest BCUT2D eigenvalue weighted by Crippen LogP contribution is -2.43. The number of carbonyl (C=O) groups is 1. The molecular weight excluding hydrogens is 276 g/mol. The minimum absolute atomic E-state index is 0.137. The standard InChI is InChI=1S/C17H26N4O/c1-21(17(22)11-13-7-5-6-10-18-13)12-16-14-8-3-2-4-9-15(14)19-20-16/h5-7,10,14-16,19-20H,2-4,8-9,11-12H2,1H3. The van der Waals surface area contributed by atoms with Gasteiger partial charge in [0.2, 0.25) is 5.91 Å². The molecule has 0 radical (unpaired) electrons. The van der Waals surface area contributed by atoms with Crippen LogP contribution in [0.5, 0.6) is 0 Å². The lowest BCUT2D eigenvalue weighted by molar-refractivity contribution is -0.129. The van der Waals surface area contributed by atoms with E-state index in [4.69, 9.17) is 0 Å². The Kier molecular flexibility index (Phi) is 5.05. The van der Waals surface area contributed by atoms with Gasteiger partial charge >= 0.3 is 0 Å². The maximum absolute atomic E-state index is 12.4. The van der Waals surface area contributed by atoms with E-state index < -0.39 is 0 Å². The van der Waals surface area contributed by atoms with E-state index in [-0.39, 0.29) is 5.91 Å². The molecule has 3 atom stereocenters. The molecule has 0 spiro atoms. The molecule has 1 aromatic rings. The van der Waals surface area contributed by atoms with Gasteiger partial charge in [-0.3, -0.25) is 20.6 Å². The molecule has 1 aliphatic carbocycles. The minimum atomic E-state index is 0.137. The summed E-state index contributed by atoms with van der Waals surface area (Å²) in [7, 11) is 1.90. The van der Waals surface area contributed by atoms with Crippen molar-refractivity contribution in [1.82, 2.24) is 20.7 Å². The number of nitrogens with one attached hydrogen (secondary N) is 2. The van der Waals surface area contributed by atoms with Gasteiger partial charge < -0.3 is 4.90 Å². The van der Waals surface area contributed by atoms with Gasteiger partial charge in [-0.2, -0.15) is 0 Å². The number of pyridine rings is 1. The van der Waals surface area contributed by atoms with Crippen molar-refractivity contribution >= 4 is 5.91 Å². The van der Waals surface area contributed by atoms with Gasteiger partial charge in [0.25, 0.3) is 0 Å². The average Bonchev–Trinajstić information content (AvgIpc) is 2.76. The maximum atomic E-state index is 12.4. The van der Waals surface area contributed by atoms with Crippen molar-refractivity contribution in [2.45, 2.75) is 50.6 Å². The lowest BCUT2D eigenvalue weighted by Gasteiger charge is -2.26. The first-order valence-electron chi connectivity index (χ1n) is 8.39. The summed E-state index contributed by atoms with van der Waals surface area (Å²) < 4.78 is 0. The number of aromatic nitrogens is 1. The number of hydrogen-bond donors (Lipinski definition) is 2. The van der Waals surface area contributed by atoms with E-state index in [1.54, 1.807) is 6.20 Å². The van der Waals surface area contributed by atoms with Crippen LogP contribution in [0.1, 0.15) is 37.8 Å². The van der Waals surface area contributed by atoms with Crippen LogP contribution in [0.15, 0.2) is 24.4 Å². The van der Waals surface area contributed by atoms with Crippen LogP contribution in [0.4, 0.5) is 0 Å². The molecule has 3 rings (SSSR count). The number of rotatable bonds is 4. The Morgan fingerprint density at radius 2 is 2.14 bits per heavy atom. The van der Waals surface area contributed by atoms with Crippen molar-refractivity contribution in [3.8, 4) is 0 Å². The van der Waals surface area contributed by atoms with Crippen LogP contribution >= 0.6 is 0 Å². The van der Waals surface area contributed by atoms with Crippen molar-refractivity contribution in [3.05, 3.63) is 30.1 Å². The topological polar surface area (TPSA) is 57.3 Å². The fraction of sp³-hybridized carbons (Fsp3) is 0.647. The molecule has 0 aromatic carbocycles. The number of likely N-dealkylation sites (N-methyl/N-ethyl adjacent to an activating group) is 1. The highest BCUT2D eigenvalue weighted by atomic mass is 16.2. The number of carbonyl (C=O) groups excluding carboxylic acids is 1. The van der Waals surface area contributed by atoms with Gasteiger partial charge in [-0.1, -0.05) is 25.3 Å². The van der Waals surface area contributed by atoms with Crippen LogP contribution in [-0.2, 0) is 11.2 Å². The third-order valence-electron chi connectivity index (χ3n) is 5.00. The molecule has 5 heteroatoms. The summed E-state index contributed by atoms with van der Waals surface area (Å²) in [6.07, 6.45) is 8.60. The second kappa shape index (κ2) is 7.20. The van der Waals surface area contributed by atoms with Gasteiger partial charge in [-0.25, -0.2) is 0 Å². The zero-order chi connectivity index (χ0) is 15.4. The van der Waals surface area contributed by atoms with Gasteiger partial charge in [0.05, 0.1) is 6.42 Å². The smallest absolute Gasteiger partial charge is 0.228 e. The summed E-state index contributed by atoms with van der Waals surface area (Å²) in [6, 6.07) is 6.64. The van der Waals surface area contributed by atoms with Gasteiger partial charge in [-0.05, 0) is 30.9 Å². The highest BCUT2D eigenvalue weighted by molar-refractivity contribution is 5.78. The van der Waals surface area contributed by atoms with Crippen molar-refractivity contribution < 1.29 is 4.79 Å². The molecule has 22 heavy (non-hydrogen) atoms. The summed E-state index contributed by atoms with van der Waals surface area (Å²) in [4.78, 5) is 18.4. The number of amides is 1. The summed E-state index contributed by atoms with van der Waals surface area (Å²) >= 11 is 0. The van der Waals surface area contributed by atoms with Crippen LogP contribution in [0, 0.1) is 5.92 Å². The predicted molar refractivity (Wildman–Crippen MR) is 86.0 cm³/mol. The van der Waals surface area contributed by atoms with Crippen molar-refractivity contribution in [3.63, 3.8) is 0 Å². The van der Waals surface area contributed by atoms with Crippen molar-refractivity contribution in [2.75, 3.05) is 13.6 Å². The van der Waals surface area contributed by atoms with Crippen LogP contribution in [0.2, 0.25) is 0 Å². The molecule has 2 aliphatic rings. The molecule has 1 saturated carbocycles. The molecule has 1 aromatic heterocycles. The monoisotopic (exact) mass is 302 g/mol. The zero-order valence-corrected chi connectivity index (χ0v) is 13.3. The Balaban J connectivity index is 1.54. The van der Waals surface area contributed by atoms with Crippen LogP contribution in [-0.4, -0.2) is 41.5 Å². The molecule has 120 valence electrons. The van der Waals surface area contributed by atoms with Gasteiger partial charge in [0.1, 0.15) is 0 Å². The fourth-order valence-electron chi connectivity index (χ4n) is 3.69. The van der Waals surface area contributed by atoms with Gasteiger partial charge in [0, 0.05) is 37.6 Å². The number of fused-ring (bicyclic) bond motifs is 1. The summed E-state index contributed by atoms with van der Waals surface area (Å²) in [6.45, 7) is 0.764. The molecule has 2 N–H and O–H groups in total. The highest BCUT2D eigenvalue weighted by Gasteiger charge is 2.36. The second-order valence-corrected chi connectivity index (χ2v) is 6.58. The molecule has 1 saturated heterocycles. The van der Waals surface area contributed by atoms with E-state index in [0.717, 1.165) is 12.2 Å². The Bertz CT molecular complexity index is 493. The van der Waals surface area contributed by atoms with E-state index in [1.165, 1.54) is 32.1 Å². The largest absolute Gasteiger partial charge is 0.344 e. The van der Waals surface area contributed by atoms with Crippen LogP contribution in [0.25, 0.3) is 0 Å². The Hall–Kier alpha value is -1.46. The number of hydrazine groups is 1. The first-order valence-corrected chi connectivity index (χ1v) is 8.39. The summed E-state index contributed by atoms with van der Waals surface area (Å²) in [5.41, 5.74) is 7.70. The van der Waals surface area contributed by atoms with Crippen LogP contribution in [0.3, 0.4) is 0 Å². The minimum Gasteiger partial charge on any atom is -0.344 e. The van der Waals surface area contributed by atoms with Crippen molar-refractivity contribution in [2.24, 2.45) is 5.92 Å². The first kappa shape index (κ1) is 15.4. The quantitative estimate of drug-likeness (QED) is 0.885. The number of nitrogens with zero attached hydrogens (tertiary/aromatic N) is 2. The lowest BCUT2D eigenvalue weighted by atomic mass is 9.90. The normalized spacial score (nSPS) is 28.0. The van der Waals surface area contributed by atoms with E-state index in [9.17, 15) is 4.79 Å². The van der Waals surface area contributed by atoms with Crippen LogP contribution < -0.4 is 10.9 Å². The average molecular weight is 302 g/mol. The first-order chi connectivity index (χ1) is 10.7. The van der Waals surface area contributed by atoms with E-state index in [1.807, 2.05) is 30.1 Å². The Labute approximate surface area is 132 Å². The molecule has 0 bridgehead atoms. The Morgan fingerprint density at radius 3 is 2.95 bits per heavy atom. The Morgan fingerprint density at radius 1 is 1.27 bits per heavy atom. The third-order valence-corrected chi connectivity index (χ3v) is 5.00. The fourth-order valence-corrected chi connectivity index (χ4v) is 3.69. The van der Waals surface area contributed by atoms with Crippen molar-refractivity contribution in [1.29, 1.82) is 0 Å². The second-order valence-electron chi connectivity index (χ2n) is 6.58. The van der Waals surface area contributed by atoms with Gasteiger partial charge in [0.15, 0.2) is 0 Å². The highest BCUT2D eigenvalue weighted by Crippen LogP contribution is 2.29. The predicted octanol–water partition coefficient (Wildman–Crippen LogP) is 1.51. The summed E-state index contributed by atoms with van der Waals surface area (Å²) in [5, 5.41) is 0. The third kappa shape index (κ3) is 3.65. The molecule has 2 heterocycles. The maximum Gasteiger partial charge on any atom is 0.228 e. The molecule has 1 aliphatic heterocycles. The van der Waals surface area contributed by atoms with E-state index >= 15 is 0 Å². The molecule has 3 unspecified atom stereocenters. The van der Waals surface area contributed by atoms with Gasteiger partial charge in [-0.15, -0.1) is 0 Å². The molecule has 1 amide bonds. The molecule has 5 nitrogen and oxygen atoms in total. The summed E-state index contributed by atoms with van der Waals surface area (Å²) in [5.74, 6) is 0.783. The number of hydrogen-bond acceptors (Lipinski definition) is 4. The molecular formula is C17H26N4O. The zero-order valence-electron chi connectivity index (χ0n) is 13.3. The van der Waals surface area contributed by atoms with E-state index in [2.05, 4.69) is 15.8 Å².